The molecule has 0 saturated heterocycles. The summed E-state index contributed by atoms with van der Waals surface area (Å²) in [6.45, 7) is 0.335. The molecule has 152 valence electrons. The largest absolute Gasteiger partial charge is 0.382 e. The van der Waals surface area contributed by atoms with Gasteiger partial charge in [0.2, 0.25) is 0 Å². The van der Waals surface area contributed by atoms with Gasteiger partial charge in [-0.3, -0.25) is 20.2 Å². The predicted octanol–water partition coefficient (Wildman–Crippen LogP) is 3.19. The SMILES string of the molecule is N#Cc1c(CCCNc2ccc([N+](=O)[O-])cc2[N+](=O)[O-])nn(-c2ccccc2)c1N. The highest BCUT2D eigenvalue weighted by Gasteiger charge is 2.20. The van der Waals surface area contributed by atoms with Gasteiger partial charge in [-0.2, -0.15) is 10.4 Å². The first-order valence-corrected chi connectivity index (χ1v) is 8.92. The molecule has 0 amide bonds. The molecular weight excluding hydrogens is 390 g/mol. The molecule has 0 atom stereocenters. The number of aromatic nitrogens is 2. The maximum atomic E-state index is 11.2. The minimum atomic E-state index is -0.687. The number of nitrogens with two attached hydrogens (primary N) is 1. The molecule has 0 bridgehead atoms. The maximum absolute atomic E-state index is 11.2. The predicted molar refractivity (Wildman–Crippen MR) is 109 cm³/mol. The van der Waals surface area contributed by atoms with Crippen molar-refractivity contribution in [2.24, 2.45) is 0 Å². The van der Waals surface area contributed by atoms with Crippen LogP contribution < -0.4 is 11.1 Å². The van der Waals surface area contributed by atoms with Gasteiger partial charge in [0, 0.05) is 12.6 Å². The van der Waals surface area contributed by atoms with E-state index in [2.05, 4.69) is 16.5 Å². The number of nitriles is 1. The highest BCUT2D eigenvalue weighted by Crippen LogP contribution is 2.29. The lowest BCUT2D eigenvalue weighted by Crippen LogP contribution is -2.06. The smallest absolute Gasteiger partial charge is 0.299 e. The molecule has 0 radical (unpaired) electrons. The molecule has 0 fully saturated rings. The molecular formula is C19H17N7O4. The van der Waals surface area contributed by atoms with Crippen LogP contribution in [0.15, 0.2) is 48.5 Å². The number of benzene rings is 2. The van der Waals surface area contributed by atoms with Crippen LogP contribution in [0.25, 0.3) is 5.69 Å². The van der Waals surface area contributed by atoms with Crippen molar-refractivity contribution in [1.82, 2.24) is 9.78 Å². The fourth-order valence-electron chi connectivity index (χ4n) is 2.95. The number of nitrogen functional groups attached to an aromatic ring is 1. The molecule has 11 nitrogen and oxygen atoms in total. The fraction of sp³-hybridized carbons (Fsp3) is 0.158. The zero-order chi connectivity index (χ0) is 21.7. The summed E-state index contributed by atoms with van der Waals surface area (Å²) in [5.74, 6) is 0.248. The number of hydrogen-bond donors (Lipinski definition) is 2. The first kappa shape index (κ1) is 20.3. The molecule has 3 rings (SSSR count). The Bertz CT molecular complexity index is 1140. The number of nitrogens with zero attached hydrogens (tertiary/aromatic N) is 5. The molecule has 30 heavy (non-hydrogen) atoms. The quantitative estimate of drug-likeness (QED) is 0.326. The van der Waals surface area contributed by atoms with Crippen LogP contribution in [0.1, 0.15) is 17.7 Å². The lowest BCUT2D eigenvalue weighted by atomic mass is 10.1. The van der Waals surface area contributed by atoms with Crippen molar-refractivity contribution in [3.63, 3.8) is 0 Å². The van der Waals surface area contributed by atoms with E-state index in [0.29, 0.717) is 30.6 Å². The van der Waals surface area contributed by atoms with E-state index in [9.17, 15) is 25.5 Å². The molecule has 0 saturated carbocycles. The van der Waals surface area contributed by atoms with Gasteiger partial charge in [-0.05, 0) is 31.0 Å². The molecule has 3 N–H and O–H groups in total. The van der Waals surface area contributed by atoms with Gasteiger partial charge in [-0.25, -0.2) is 4.68 Å². The first-order valence-electron chi connectivity index (χ1n) is 8.92. The van der Waals surface area contributed by atoms with Crippen molar-refractivity contribution in [3.05, 3.63) is 80.0 Å². The lowest BCUT2D eigenvalue weighted by Gasteiger charge is -2.06. The lowest BCUT2D eigenvalue weighted by molar-refractivity contribution is -0.393. The van der Waals surface area contributed by atoms with Gasteiger partial charge in [0.1, 0.15) is 23.1 Å². The summed E-state index contributed by atoms with van der Waals surface area (Å²) in [5, 5.41) is 38.8. The van der Waals surface area contributed by atoms with E-state index in [1.54, 1.807) is 0 Å². The second kappa shape index (κ2) is 8.70. The summed E-state index contributed by atoms with van der Waals surface area (Å²) in [6.07, 6.45) is 0.925. The average molecular weight is 407 g/mol. The highest BCUT2D eigenvalue weighted by molar-refractivity contribution is 5.65. The second-order valence-electron chi connectivity index (χ2n) is 6.31. The van der Waals surface area contributed by atoms with Crippen LogP contribution in [0.3, 0.4) is 0 Å². The number of anilines is 2. The van der Waals surface area contributed by atoms with Crippen molar-refractivity contribution in [2.45, 2.75) is 12.8 Å². The standard InChI is InChI=1S/C19H17N7O4/c20-12-15-16(23-24(19(15)21)13-5-2-1-3-6-13)7-4-10-22-17-9-8-14(25(27)28)11-18(17)26(29)30/h1-3,5-6,8-9,11,22H,4,7,10,21H2. The van der Waals surface area contributed by atoms with Crippen LogP contribution in [0.5, 0.6) is 0 Å². The summed E-state index contributed by atoms with van der Waals surface area (Å²) in [5.41, 5.74) is 7.07. The van der Waals surface area contributed by atoms with E-state index in [0.717, 1.165) is 11.8 Å². The number of rotatable bonds is 8. The normalized spacial score (nSPS) is 10.4. The Morgan fingerprint density at radius 3 is 2.50 bits per heavy atom. The Kier molecular flexibility index (Phi) is 5.88. The topological polar surface area (TPSA) is 166 Å². The van der Waals surface area contributed by atoms with Crippen LogP contribution in [0.2, 0.25) is 0 Å². The molecule has 11 heteroatoms. The van der Waals surface area contributed by atoms with Crippen molar-refractivity contribution in [1.29, 1.82) is 5.26 Å². The number of nitro benzene ring substituents is 2. The van der Waals surface area contributed by atoms with Crippen molar-refractivity contribution < 1.29 is 9.85 Å². The van der Waals surface area contributed by atoms with Gasteiger partial charge in [0.05, 0.1) is 27.3 Å². The molecule has 1 aromatic heterocycles. The Morgan fingerprint density at radius 2 is 1.87 bits per heavy atom. The molecule has 0 aliphatic carbocycles. The third-order valence-electron chi connectivity index (χ3n) is 4.40. The molecule has 0 aliphatic rings. The minimum absolute atomic E-state index is 0.181. The molecule has 0 unspecified atom stereocenters. The zero-order valence-electron chi connectivity index (χ0n) is 15.7. The number of non-ortho nitro benzene ring substituents is 1. The van der Waals surface area contributed by atoms with Crippen LogP contribution in [0, 0.1) is 31.6 Å². The van der Waals surface area contributed by atoms with Gasteiger partial charge in [-0.1, -0.05) is 18.2 Å². The van der Waals surface area contributed by atoms with Crippen LogP contribution in [0.4, 0.5) is 22.9 Å². The Morgan fingerprint density at radius 1 is 1.13 bits per heavy atom. The molecule has 1 heterocycles. The molecule has 0 spiro atoms. The van der Waals surface area contributed by atoms with Gasteiger partial charge < -0.3 is 11.1 Å². The van der Waals surface area contributed by atoms with Crippen LogP contribution in [-0.2, 0) is 6.42 Å². The number of nitro groups is 2. The van der Waals surface area contributed by atoms with Crippen molar-refractivity contribution in [3.8, 4) is 11.8 Å². The number of para-hydroxylation sites is 1. The summed E-state index contributed by atoms with van der Waals surface area (Å²) in [6, 6.07) is 14.7. The number of aryl methyl sites for hydroxylation is 1. The molecule has 0 aliphatic heterocycles. The van der Waals surface area contributed by atoms with E-state index in [1.165, 1.54) is 16.8 Å². The summed E-state index contributed by atoms with van der Waals surface area (Å²) in [7, 11) is 0. The van der Waals surface area contributed by atoms with Gasteiger partial charge >= 0.3 is 0 Å². The monoisotopic (exact) mass is 407 g/mol. The fourth-order valence-corrected chi connectivity index (χ4v) is 2.95. The Hall–Kier alpha value is -4.46. The molecule has 2 aromatic carbocycles. The van der Waals surface area contributed by atoms with E-state index < -0.39 is 9.85 Å². The molecule has 3 aromatic rings. The van der Waals surface area contributed by atoms with Gasteiger partial charge in [-0.15, -0.1) is 0 Å². The van der Waals surface area contributed by atoms with Gasteiger partial charge in [0.25, 0.3) is 11.4 Å². The van der Waals surface area contributed by atoms with Crippen LogP contribution in [-0.4, -0.2) is 26.2 Å². The summed E-state index contributed by atoms with van der Waals surface area (Å²) in [4.78, 5) is 20.6. The van der Waals surface area contributed by atoms with Crippen LogP contribution >= 0.6 is 0 Å². The third-order valence-corrected chi connectivity index (χ3v) is 4.40. The van der Waals surface area contributed by atoms with Crippen molar-refractivity contribution >= 4 is 22.9 Å². The second-order valence-corrected chi connectivity index (χ2v) is 6.31. The number of nitrogens with one attached hydrogen (secondary N) is 1. The first-order chi connectivity index (χ1) is 14.4. The van der Waals surface area contributed by atoms with E-state index in [4.69, 9.17) is 5.73 Å². The summed E-state index contributed by atoms with van der Waals surface area (Å²) >= 11 is 0. The Balaban J connectivity index is 1.70. The van der Waals surface area contributed by atoms with E-state index in [-0.39, 0.29) is 22.9 Å². The van der Waals surface area contributed by atoms with E-state index in [1.807, 2.05) is 30.3 Å². The summed E-state index contributed by atoms with van der Waals surface area (Å²) < 4.78 is 1.50. The zero-order valence-corrected chi connectivity index (χ0v) is 15.7. The van der Waals surface area contributed by atoms with Crippen molar-refractivity contribution in [2.75, 3.05) is 17.6 Å². The Labute approximate surface area is 170 Å². The maximum Gasteiger partial charge on any atom is 0.299 e. The third kappa shape index (κ3) is 4.17. The van der Waals surface area contributed by atoms with Gasteiger partial charge in [0.15, 0.2) is 0 Å². The van der Waals surface area contributed by atoms with E-state index >= 15 is 0 Å². The average Bonchev–Trinajstić information content (AvgIpc) is 3.06. The number of hydrogen-bond acceptors (Lipinski definition) is 8. The minimum Gasteiger partial charge on any atom is -0.382 e. The highest BCUT2D eigenvalue weighted by atomic mass is 16.6.